The van der Waals surface area contributed by atoms with Crippen molar-refractivity contribution in [1.29, 1.82) is 0 Å². The zero-order valence-electron chi connectivity index (χ0n) is 31.0. The highest BCUT2D eigenvalue weighted by molar-refractivity contribution is 6.48. The zero-order chi connectivity index (χ0) is 36.0. The van der Waals surface area contributed by atoms with Crippen molar-refractivity contribution in [2.75, 3.05) is 0 Å². The van der Waals surface area contributed by atoms with Crippen molar-refractivity contribution in [1.82, 2.24) is 0 Å². The van der Waals surface area contributed by atoms with Gasteiger partial charge in [-0.2, -0.15) is 0 Å². The predicted octanol–water partition coefficient (Wildman–Crippen LogP) is 16.0. The van der Waals surface area contributed by atoms with E-state index in [0.717, 1.165) is 0 Å². The molecule has 0 heteroatoms. The van der Waals surface area contributed by atoms with Gasteiger partial charge in [-0.15, -0.1) is 0 Å². The first-order chi connectivity index (χ1) is 26.5. The highest BCUT2D eigenvalue weighted by atomic mass is 14.3. The first kappa shape index (κ1) is 30.2. The molecule has 0 N–H and O–H groups in total. The summed E-state index contributed by atoms with van der Waals surface area (Å²) in [4.78, 5) is 0. The summed E-state index contributed by atoms with van der Waals surface area (Å²) in [5.41, 5.74) is 8.07. The monoisotopic (exact) mass is 686 g/mol. The molecule has 12 rings (SSSR count). The van der Waals surface area contributed by atoms with Crippen molar-refractivity contribution in [3.63, 3.8) is 0 Å². The van der Waals surface area contributed by atoms with E-state index >= 15 is 0 Å². The Hall–Kier alpha value is -6.24. The van der Waals surface area contributed by atoms with Gasteiger partial charge >= 0.3 is 0 Å². The lowest BCUT2D eigenvalue weighted by molar-refractivity contribution is 0.876. The first-order valence-electron chi connectivity index (χ1n) is 19.6. The van der Waals surface area contributed by atoms with E-state index in [2.05, 4.69) is 173 Å². The molecular weight excluding hydrogens is 649 g/mol. The lowest BCUT2D eigenvalue weighted by atomic mass is 9.83. The van der Waals surface area contributed by atoms with Crippen LogP contribution in [0.1, 0.15) is 50.7 Å². The third kappa shape index (κ3) is 3.73. The summed E-state index contributed by atoms with van der Waals surface area (Å²) < 4.78 is 0. The topological polar surface area (TPSA) is 0 Å². The van der Waals surface area contributed by atoms with E-state index < -0.39 is 0 Å². The molecule has 0 amide bonds. The Kier molecular flexibility index (Phi) is 5.98. The summed E-state index contributed by atoms with van der Waals surface area (Å²) in [7, 11) is 0. The molecule has 12 aromatic rings. The normalized spacial score (nSPS) is 12.8. The molecule has 0 aliphatic carbocycles. The maximum atomic E-state index is 2.58. The lowest BCUT2D eigenvalue weighted by Crippen LogP contribution is -1.95. The average Bonchev–Trinajstić information content (AvgIpc) is 3.70. The molecule has 54 heavy (non-hydrogen) atoms. The van der Waals surface area contributed by atoms with Crippen LogP contribution < -0.4 is 0 Å². The van der Waals surface area contributed by atoms with E-state index in [1.165, 1.54) is 130 Å². The fraction of sp³-hybridized carbons (Fsp3) is 0.111. The molecule has 254 valence electrons. The van der Waals surface area contributed by atoms with E-state index in [-0.39, 0.29) is 0 Å². The lowest BCUT2D eigenvalue weighted by Gasteiger charge is -2.19. The number of hydrogen-bond donors (Lipinski definition) is 0. The van der Waals surface area contributed by atoms with E-state index in [9.17, 15) is 0 Å². The number of rotatable bonds is 4. The van der Waals surface area contributed by atoms with Crippen LogP contribution in [-0.4, -0.2) is 0 Å². The van der Waals surface area contributed by atoms with Crippen molar-refractivity contribution in [3.05, 3.63) is 157 Å². The summed E-state index contributed by atoms with van der Waals surface area (Å²) in [5.74, 6) is 0.812. The van der Waals surface area contributed by atoms with Gasteiger partial charge in [-0.05, 0) is 160 Å². The third-order valence-corrected chi connectivity index (χ3v) is 12.8. The molecule has 0 fully saturated rings. The Labute approximate surface area is 314 Å². The van der Waals surface area contributed by atoms with Crippen LogP contribution in [0.25, 0.3) is 119 Å². The molecule has 0 bridgehead atoms. The summed E-state index contributed by atoms with van der Waals surface area (Å²) in [6.07, 6.45) is 0. The molecule has 0 radical (unpaired) electrons. The molecule has 0 aliphatic heterocycles. The zero-order valence-corrected chi connectivity index (χ0v) is 31.0. The molecule has 0 nitrogen and oxygen atoms in total. The molecule has 12 aromatic carbocycles. The Morgan fingerprint density at radius 1 is 0.278 bits per heavy atom. The molecule has 0 aliphatic rings. The van der Waals surface area contributed by atoms with E-state index in [1.807, 2.05) is 0 Å². The van der Waals surface area contributed by atoms with Crippen molar-refractivity contribution >= 4 is 97.0 Å². The summed E-state index contributed by atoms with van der Waals surface area (Å²) in [6, 6.07) is 55.8. The highest BCUT2D eigenvalue weighted by Crippen LogP contribution is 2.57. The van der Waals surface area contributed by atoms with Crippen LogP contribution in [0, 0.1) is 0 Å². The molecule has 0 saturated carbocycles. The number of fused-ring (bicyclic) bond motifs is 8. The largest absolute Gasteiger partial charge is 0.0622 e. The Morgan fingerprint density at radius 3 is 1.56 bits per heavy atom. The fourth-order valence-electron chi connectivity index (χ4n) is 10.6. The maximum absolute atomic E-state index is 2.58. The minimum atomic E-state index is 0.371. The van der Waals surface area contributed by atoms with Gasteiger partial charge in [0.25, 0.3) is 0 Å². The van der Waals surface area contributed by atoms with Crippen molar-refractivity contribution < 1.29 is 0 Å². The van der Waals surface area contributed by atoms with Gasteiger partial charge in [0.1, 0.15) is 0 Å². The predicted molar refractivity (Wildman–Crippen MR) is 237 cm³/mol. The van der Waals surface area contributed by atoms with Gasteiger partial charge in [-0.25, -0.2) is 0 Å². The average molecular weight is 687 g/mol. The third-order valence-electron chi connectivity index (χ3n) is 12.8. The Morgan fingerprint density at radius 2 is 0.852 bits per heavy atom. The van der Waals surface area contributed by atoms with Crippen LogP contribution in [0.5, 0.6) is 0 Å². The highest BCUT2D eigenvalue weighted by Gasteiger charge is 2.29. The van der Waals surface area contributed by atoms with Gasteiger partial charge < -0.3 is 0 Å². The van der Waals surface area contributed by atoms with Crippen LogP contribution in [0.4, 0.5) is 0 Å². The van der Waals surface area contributed by atoms with Crippen molar-refractivity contribution in [3.8, 4) is 22.3 Å². The van der Waals surface area contributed by atoms with Gasteiger partial charge in [-0.1, -0.05) is 155 Å². The minimum absolute atomic E-state index is 0.371. The van der Waals surface area contributed by atoms with Crippen LogP contribution in [0.15, 0.2) is 146 Å². The van der Waals surface area contributed by atoms with Gasteiger partial charge in [0, 0.05) is 0 Å². The van der Waals surface area contributed by atoms with Crippen LogP contribution in [-0.2, 0) is 0 Å². The molecule has 0 heterocycles. The maximum Gasteiger partial charge on any atom is -0.000708 e. The number of hydrogen-bond acceptors (Lipinski definition) is 0. The molecule has 0 atom stereocenters. The molecule has 0 spiro atoms. The molecule has 0 saturated heterocycles. The van der Waals surface area contributed by atoms with E-state index in [4.69, 9.17) is 0 Å². The summed E-state index contributed by atoms with van der Waals surface area (Å²) in [5, 5.41) is 24.6. The fourth-order valence-corrected chi connectivity index (χ4v) is 10.6. The second-order valence-corrected chi connectivity index (χ2v) is 16.3. The Bertz CT molecular complexity index is 3460. The van der Waals surface area contributed by atoms with Gasteiger partial charge in [0.15, 0.2) is 0 Å². The summed E-state index contributed by atoms with van der Waals surface area (Å²) in [6.45, 7) is 9.40. The van der Waals surface area contributed by atoms with Crippen LogP contribution >= 0.6 is 0 Å². The van der Waals surface area contributed by atoms with Crippen molar-refractivity contribution in [2.45, 2.75) is 39.5 Å². The Balaban J connectivity index is 1.46. The number of benzene rings is 10. The second-order valence-electron chi connectivity index (χ2n) is 16.3. The smallest absolute Gasteiger partial charge is 0.000708 e. The second kappa shape index (κ2) is 10.7. The van der Waals surface area contributed by atoms with Gasteiger partial charge in [0.05, 0.1) is 0 Å². The molecular formula is C54H38. The van der Waals surface area contributed by atoms with Crippen LogP contribution in [0.3, 0.4) is 0 Å². The molecule has 0 aromatic heterocycles. The van der Waals surface area contributed by atoms with Gasteiger partial charge in [0.2, 0.25) is 0 Å². The minimum Gasteiger partial charge on any atom is -0.0622 e. The first-order valence-corrected chi connectivity index (χ1v) is 19.6. The SMILES string of the molecule is CC(C)c1ccc2cc3c4c(-c5ccccc5)c5cc6c7ccccc7c7cccc(c5c(-c5ccccc5)c4c4cc(C(C)C)c5ccc1c2c5c34)c76. The summed E-state index contributed by atoms with van der Waals surface area (Å²) >= 11 is 0. The quantitative estimate of drug-likeness (QED) is 0.162. The van der Waals surface area contributed by atoms with Crippen LogP contribution in [0.2, 0.25) is 0 Å². The standard InChI is InChI=1S/C54H38/c1-29(2)34-23-22-33-26-43-51-45(27-41(30(3)4)39-25-24-38(34)47(33)52(39)51)54-48(32-16-9-6-10-17-32)50-40-21-13-20-37-35-18-11-12-19-36(35)42(49(37)40)28-44(50)46(53(43)54)31-14-7-5-8-15-31/h5-30H,1-4H3. The van der Waals surface area contributed by atoms with E-state index in [1.54, 1.807) is 0 Å². The van der Waals surface area contributed by atoms with E-state index in [0.29, 0.717) is 11.8 Å². The van der Waals surface area contributed by atoms with Crippen molar-refractivity contribution in [2.24, 2.45) is 0 Å². The van der Waals surface area contributed by atoms with Gasteiger partial charge in [-0.3, -0.25) is 0 Å². The molecule has 0 unspecified atom stereocenters.